The predicted octanol–water partition coefficient (Wildman–Crippen LogP) is 9.92. The highest BCUT2D eigenvalue weighted by molar-refractivity contribution is 8.24. The molecule has 0 unspecified atom stereocenters. The lowest BCUT2D eigenvalue weighted by atomic mass is 9.99. The Hall–Kier alpha value is -7.22. The van der Waals surface area contributed by atoms with Gasteiger partial charge in [0.05, 0.1) is 32.7 Å². The van der Waals surface area contributed by atoms with Crippen molar-refractivity contribution in [2.45, 2.75) is 179 Å². The number of fused-ring (bicyclic) bond motifs is 2. The minimum absolute atomic E-state index is 0.0439. The molecule has 22 nitrogen and oxygen atoms in total. The van der Waals surface area contributed by atoms with Gasteiger partial charge in [-0.05, 0) is 110 Å². The lowest BCUT2D eigenvalue weighted by Gasteiger charge is -2.43. The number of anilines is 2. The van der Waals surface area contributed by atoms with Crippen LogP contribution in [0.15, 0.2) is 107 Å². The molecule has 0 radical (unpaired) electrons. The van der Waals surface area contributed by atoms with Crippen LogP contribution >= 0.6 is 21.2 Å². The van der Waals surface area contributed by atoms with Crippen molar-refractivity contribution in [3.63, 3.8) is 0 Å². The summed E-state index contributed by atoms with van der Waals surface area (Å²) in [5.41, 5.74) is 4.27. The maximum Gasteiger partial charge on any atom is 0.329 e. The molecule has 94 heavy (non-hydrogen) atoms. The van der Waals surface area contributed by atoms with E-state index >= 15 is 9.59 Å². The zero-order valence-electron chi connectivity index (χ0n) is 56.8. The van der Waals surface area contributed by atoms with E-state index in [1.807, 2.05) is 104 Å². The molecule has 1 saturated heterocycles. The molecular formula is C70H98N6O16S2. The van der Waals surface area contributed by atoms with E-state index in [0.29, 0.717) is 58.5 Å². The molecule has 3 aliphatic heterocycles. The minimum atomic E-state index is -2.96. The molecule has 1 fully saturated rings. The fourth-order valence-corrected chi connectivity index (χ4v) is 15.2. The summed E-state index contributed by atoms with van der Waals surface area (Å²) in [6.45, 7) is 19.0. The zero-order valence-corrected chi connectivity index (χ0v) is 58.5. The third kappa shape index (κ3) is 18.6. The van der Waals surface area contributed by atoms with Crippen molar-refractivity contribution >= 4 is 80.1 Å². The number of para-hydroxylation sites is 2. The summed E-state index contributed by atoms with van der Waals surface area (Å²) in [5.74, 6) is -7.55. The van der Waals surface area contributed by atoms with Crippen LogP contribution in [0.5, 0.6) is 0 Å². The highest BCUT2D eigenvalue weighted by atomic mass is 32.3. The van der Waals surface area contributed by atoms with Gasteiger partial charge < -0.3 is 48.3 Å². The van der Waals surface area contributed by atoms with E-state index < -0.39 is 117 Å². The number of amides is 4. The summed E-state index contributed by atoms with van der Waals surface area (Å²) in [7, 11) is -0.417. The lowest BCUT2D eigenvalue weighted by molar-refractivity contribution is -0.176. The second-order valence-electron chi connectivity index (χ2n) is 26.9. The van der Waals surface area contributed by atoms with Crippen molar-refractivity contribution in [3.8, 4) is 0 Å². The monoisotopic (exact) mass is 1340 g/mol. The Labute approximate surface area is 557 Å². The average molecular weight is 1340 g/mol. The molecule has 0 aromatic heterocycles. The van der Waals surface area contributed by atoms with Crippen molar-refractivity contribution < 1.29 is 75.5 Å². The molecule has 516 valence electrons. The molecule has 4 aromatic carbocycles. The van der Waals surface area contributed by atoms with Crippen LogP contribution in [-0.2, 0) is 83.2 Å². The van der Waals surface area contributed by atoms with Gasteiger partial charge in [0.15, 0.2) is 24.4 Å². The number of cyclic esters (lactones) is 4. The van der Waals surface area contributed by atoms with Gasteiger partial charge in [-0.3, -0.25) is 37.4 Å². The molecule has 3 aliphatic rings. The second kappa shape index (κ2) is 32.0. The molecule has 0 bridgehead atoms. The minimum Gasteiger partial charge on any atom is -0.451 e. The van der Waals surface area contributed by atoms with E-state index in [9.17, 15) is 47.0 Å². The number of nitrogens with zero attached hydrogens (tertiary/aromatic N) is 6. The van der Waals surface area contributed by atoms with Crippen LogP contribution < -0.4 is 9.80 Å². The second-order valence-corrected chi connectivity index (χ2v) is 31.3. The van der Waals surface area contributed by atoms with Crippen LogP contribution in [0.3, 0.4) is 0 Å². The van der Waals surface area contributed by atoms with Crippen molar-refractivity contribution in [2.24, 2.45) is 23.7 Å². The number of carbonyl (C=O) groups is 8. The van der Waals surface area contributed by atoms with Gasteiger partial charge in [0.2, 0.25) is 0 Å². The Morgan fingerprint density at radius 1 is 0.394 bits per heavy atom. The largest absolute Gasteiger partial charge is 0.451 e. The Bertz CT molecular complexity index is 3090. The Kier molecular flexibility index (Phi) is 25.3. The molecule has 4 amide bonds. The smallest absolute Gasteiger partial charge is 0.329 e. The third-order valence-corrected chi connectivity index (χ3v) is 21.1. The molecule has 4 aromatic rings. The number of ether oxygens (including phenoxy) is 4. The maximum atomic E-state index is 15.2. The van der Waals surface area contributed by atoms with Gasteiger partial charge in [-0.15, -0.1) is 0 Å². The third-order valence-electron chi connectivity index (χ3n) is 17.5. The number of benzene rings is 4. The summed E-state index contributed by atoms with van der Waals surface area (Å²) in [5, 5.41) is 0. The molecule has 8 atom stereocenters. The Morgan fingerprint density at radius 3 is 0.957 bits per heavy atom. The summed E-state index contributed by atoms with van der Waals surface area (Å²) < 4.78 is 67.7. The summed E-state index contributed by atoms with van der Waals surface area (Å²) in [6, 6.07) is 23.5. The van der Waals surface area contributed by atoms with Gasteiger partial charge in [0, 0.05) is 67.2 Å². The van der Waals surface area contributed by atoms with Crippen LogP contribution in [0.25, 0.3) is 0 Å². The summed E-state index contributed by atoms with van der Waals surface area (Å²) in [4.78, 5) is 128. The van der Waals surface area contributed by atoms with E-state index in [2.05, 4.69) is 9.80 Å². The van der Waals surface area contributed by atoms with Crippen molar-refractivity contribution in [1.82, 2.24) is 19.6 Å². The Balaban J connectivity index is 1.23. The van der Waals surface area contributed by atoms with Crippen LogP contribution in [-0.4, -0.2) is 187 Å². The number of likely N-dealkylation sites (N-methyl/N-ethyl adjacent to an activating group) is 4. The van der Waals surface area contributed by atoms with E-state index in [4.69, 9.17) is 18.9 Å². The van der Waals surface area contributed by atoms with E-state index in [1.54, 1.807) is 48.5 Å². The first-order valence-corrected chi connectivity index (χ1v) is 35.8. The quantitative estimate of drug-likeness (QED) is 0.0600. The molecule has 3 heterocycles. The number of rotatable bonds is 16. The lowest BCUT2D eigenvalue weighted by Crippen LogP contribution is -2.55. The molecule has 0 saturated carbocycles. The van der Waals surface area contributed by atoms with Gasteiger partial charge in [0.1, 0.15) is 24.2 Å². The number of hydrogen-bond donors (Lipinski definition) is 4. The normalized spacial score (nSPS) is 24.8. The van der Waals surface area contributed by atoms with Gasteiger partial charge in [-0.25, -0.2) is 19.2 Å². The molecule has 24 heteroatoms. The van der Waals surface area contributed by atoms with Gasteiger partial charge in [-0.1, -0.05) is 128 Å². The van der Waals surface area contributed by atoms with Gasteiger partial charge in [-0.2, -0.15) is 21.2 Å². The van der Waals surface area contributed by atoms with Crippen molar-refractivity contribution in [1.29, 1.82) is 0 Å². The first-order chi connectivity index (χ1) is 44.2. The maximum absolute atomic E-state index is 15.2. The summed E-state index contributed by atoms with van der Waals surface area (Å²) in [6.07, 6.45) is -6.46. The van der Waals surface area contributed by atoms with Crippen LogP contribution in [0.2, 0.25) is 0 Å². The highest BCUT2D eigenvalue weighted by Gasteiger charge is 2.43. The zero-order chi connectivity index (χ0) is 69.3. The fourth-order valence-electron chi connectivity index (χ4n) is 12.2. The fraction of sp³-hybridized carbons (Fsp3) is 0.543. The average Bonchev–Trinajstić information content (AvgIpc) is 0.797. The molecule has 0 spiro atoms. The SMILES string of the molecule is CC(C)C[C@H]1C(=O)O[C@H](Cc2ccc(CN3CCS(O)(O)c4ccccc43)cc2)C(=O)N(C)[C@@H](CC(C)C)C(=O)O[C@H](C)C(=O)N(C)[C@@H](CC(C)C)C(=O)O[C@H](Cc2ccc(CN3CCS(O)(O)c4ccccc43)cc2)C(=O)N(C)[C@@H](CC(C)C)C(=O)O[C@H](C)C(=O)N1C. The number of esters is 4. The standard InChI is InChI=1S/C70H98N6O16S2/c1-43(2)35-55-67(81)89-47(9)63(77)71(11)58(38-46(7)8)70(84)92-60(40-50-25-29-52(30-26-50)42-76-32-34-94(87,88)62-22-18-16-20-54(62)76)66(80)74(14)56(36-44(3)4)68(82)90-48(10)64(78)72(12)57(37-45(5)6)69(83)91-59(65(79)73(55)13)39-49-23-27-51(28-24-49)41-75-31-33-93(85,86)61-21-17-15-19-53(61)75/h15-30,43-48,55-60,85-88H,31-42H2,1-14H3/t47-,48-,55+,56+,57+,58+,59-,60-/m1/s1. The first-order valence-electron chi connectivity index (χ1n) is 32.4. The van der Waals surface area contributed by atoms with E-state index in [1.165, 1.54) is 42.0 Å². The predicted molar refractivity (Wildman–Crippen MR) is 362 cm³/mol. The Morgan fingerprint density at radius 2 is 0.660 bits per heavy atom. The topological polar surface area (TPSA) is 274 Å². The van der Waals surface area contributed by atoms with Crippen LogP contribution in [0.4, 0.5) is 11.4 Å². The van der Waals surface area contributed by atoms with Gasteiger partial charge >= 0.3 is 23.9 Å². The van der Waals surface area contributed by atoms with Crippen LogP contribution in [0, 0.1) is 23.7 Å². The van der Waals surface area contributed by atoms with Crippen LogP contribution in [0.1, 0.15) is 117 Å². The van der Waals surface area contributed by atoms with Crippen molar-refractivity contribution in [2.75, 3.05) is 62.6 Å². The highest BCUT2D eigenvalue weighted by Crippen LogP contribution is 2.56. The molecule has 0 aliphatic carbocycles. The summed E-state index contributed by atoms with van der Waals surface area (Å²) >= 11 is 0. The van der Waals surface area contributed by atoms with Gasteiger partial charge in [0.25, 0.3) is 23.6 Å². The molecule has 4 N–H and O–H groups in total. The van der Waals surface area contributed by atoms with Crippen molar-refractivity contribution in [3.05, 3.63) is 119 Å². The number of hydrogen-bond acceptors (Lipinski definition) is 18. The molecule has 7 rings (SSSR count). The molecular weight excluding hydrogens is 1240 g/mol. The first kappa shape index (κ1) is 74.2. The van der Waals surface area contributed by atoms with E-state index in [0.717, 1.165) is 30.7 Å². The number of carbonyl (C=O) groups excluding carboxylic acids is 8. The van der Waals surface area contributed by atoms with E-state index in [-0.39, 0.29) is 73.7 Å².